The summed E-state index contributed by atoms with van der Waals surface area (Å²) in [5.74, 6) is 0.939. The Labute approximate surface area is 103 Å². The van der Waals surface area contributed by atoms with Crippen molar-refractivity contribution in [3.8, 4) is 5.75 Å². The second kappa shape index (κ2) is 6.77. The molecule has 0 saturated heterocycles. The first-order chi connectivity index (χ1) is 7.69. The first kappa shape index (κ1) is 13.3. The van der Waals surface area contributed by atoms with Gasteiger partial charge in [-0.25, -0.2) is 0 Å². The number of halogens is 1. The van der Waals surface area contributed by atoms with Crippen LogP contribution in [-0.4, -0.2) is 13.7 Å². The Hall–Kier alpha value is -0.730. The Morgan fingerprint density at radius 2 is 2.00 bits per heavy atom. The summed E-state index contributed by atoms with van der Waals surface area (Å²) in [6.07, 6.45) is 4.38. The molecule has 0 saturated carbocycles. The van der Waals surface area contributed by atoms with Crippen LogP contribution in [0.25, 0.3) is 0 Å². The highest BCUT2D eigenvalue weighted by molar-refractivity contribution is 6.31. The van der Waals surface area contributed by atoms with Gasteiger partial charge in [0.15, 0.2) is 0 Å². The Morgan fingerprint density at radius 3 is 2.62 bits per heavy atom. The van der Waals surface area contributed by atoms with Crippen LogP contribution in [0.3, 0.4) is 0 Å². The minimum absolute atomic E-state index is 0.770. The van der Waals surface area contributed by atoms with Crippen LogP contribution in [0.2, 0.25) is 5.02 Å². The highest BCUT2D eigenvalue weighted by Crippen LogP contribution is 2.27. The molecular formula is C13H20ClNO. The minimum atomic E-state index is 0.770. The topological polar surface area (TPSA) is 35.2 Å². The lowest BCUT2D eigenvalue weighted by atomic mass is 10.0. The average Bonchev–Trinajstić information content (AvgIpc) is 2.28. The summed E-state index contributed by atoms with van der Waals surface area (Å²) in [5, 5.41) is 0.814. The molecule has 0 bridgehead atoms. The van der Waals surface area contributed by atoms with Gasteiger partial charge in [-0.05, 0) is 56.0 Å². The summed E-state index contributed by atoms with van der Waals surface area (Å²) in [6.45, 7) is 2.76. The van der Waals surface area contributed by atoms with E-state index in [0.29, 0.717) is 0 Å². The summed E-state index contributed by atoms with van der Waals surface area (Å²) in [4.78, 5) is 0. The number of unbranched alkanes of at least 4 members (excludes halogenated alkanes) is 2. The van der Waals surface area contributed by atoms with E-state index in [0.717, 1.165) is 48.6 Å². The van der Waals surface area contributed by atoms with Gasteiger partial charge in [-0.2, -0.15) is 0 Å². The van der Waals surface area contributed by atoms with Gasteiger partial charge in [0.05, 0.1) is 7.11 Å². The maximum Gasteiger partial charge on any atom is 0.122 e. The van der Waals surface area contributed by atoms with Gasteiger partial charge in [-0.1, -0.05) is 18.0 Å². The summed E-state index contributed by atoms with van der Waals surface area (Å²) in [7, 11) is 1.70. The van der Waals surface area contributed by atoms with E-state index in [-0.39, 0.29) is 0 Å². The highest BCUT2D eigenvalue weighted by atomic mass is 35.5. The van der Waals surface area contributed by atoms with Gasteiger partial charge < -0.3 is 10.5 Å². The van der Waals surface area contributed by atoms with Crippen LogP contribution < -0.4 is 10.5 Å². The number of hydrogen-bond acceptors (Lipinski definition) is 2. The van der Waals surface area contributed by atoms with Gasteiger partial charge in [0.25, 0.3) is 0 Å². The summed E-state index contributed by atoms with van der Waals surface area (Å²) in [5.41, 5.74) is 7.71. The monoisotopic (exact) mass is 241 g/mol. The minimum Gasteiger partial charge on any atom is -0.496 e. The lowest BCUT2D eigenvalue weighted by molar-refractivity contribution is 0.408. The van der Waals surface area contributed by atoms with Crippen molar-refractivity contribution in [3.05, 3.63) is 28.3 Å². The van der Waals surface area contributed by atoms with E-state index < -0.39 is 0 Å². The zero-order valence-corrected chi connectivity index (χ0v) is 10.8. The van der Waals surface area contributed by atoms with E-state index in [1.807, 2.05) is 19.1 Å². The molecule has 0 amide bonds. The Kier molecular flexibility index (Phi) is 5.64. The van der Waals surface area contributed by atoms with Crippen LogP contribution in [0.4, 0.5) is 0 Å². The van der Waals surface area contributed by atoms with E-state index >= 15 is 0 Å². The SMILES string of the molecule is COc1cc(C)c(Cl)cc1CCCCCN. The van der Waals surface area contributed by atoms with Gasteiger partial charge >= 0.3 is 0 Å². The first-order valence-electron chi connectivity index (χ1n) is 5.72. The quantitative estimate of drug-likeness (QED) is 0.776. The van der Waals surface area contributed by atoms with Crippen LogP contribution in [0, 0.1) is 6.92 Å². The van der Waals surface area contributed by atoms with E-state index in [9.17, 15) is 0 Å². The van der Waals surface area contributed by atoms with Crippen molar-refractivity contribution in [2.75, 3.05) is 13.7 Å². The van der Waals surface area contributed by atoms with Gasteiger partial charge in [0.1, 0.15) is 5.75 Å². The third kappa shape index (κ3) is 3.69. The van der Waals surface area contributed by atoms with Crippen LogP contribution in [0.1, 0.15) is 30.4 Å². The van der Waals surface area contributed by atoms with Crippen molar-refractivity contribution < 1.29 is 4.74 Å². The Balaban J connectivity index is 2.66. The van der Waals surface area contributed by atoms with Crippen molar-refractivity contribution in [1.29, 1.82) is 0 Å². The van der Waals surface area contributed by atoms with Crippen molar-refractivity contribution in [2.45, 2.75) is 32.6 Å². The molecule has 1 aromatic rings. The third-order valence-corrected chi connectivity index (χ3v) is 3.12. The molecule has 0 aliphatic rings. The molecule has 0 atom stereocenters. The molecule has 2 nitrogen and oxygen atoms in total. The lowest BCUT2D eigenvalue weighted by Gasteiger charge is -2.10. The van der Waals surface area contributed by atoms with Gasteiger partial charge in [0, 0.05) is 5.02 Å². The predicted molar refractivity (Wildman–Crippen MR) is 69.4 cm³/mol. The van der Waals surface area contributed by atoms with E-state index in [2.05, 4.69) is 0 Å². The first-order valence-corrected chi connectivity index (χ1v) is 6.10. The second-order valence-electron chi connectivity index (χ2n) is 4.01. The zero-order valence-electron chi connectivity index (χ0n) is 10.1. The Morgan fingerprint density at radius 1 is 1.25 bits per heavy atom. The average molecular weight is 242 g/mol. The molecule has 0 heterocycles. The maximum absolute atomic E-state index is 6.11. The number of aryl methyl sites for hydroxylation is 2. The van der Waals surface area contributed by atoms with Crippen molar-refractivity contribution in [3.63, 3.8) is 0 Å². The Bertz CT molecular complexity index is 339. The normalized spacial score (nSPS) is 10.5. The van der Waals surface area contributed by atoms with Gasteiger partial charge in [0.2, 0.25) is 0 Å². The fraction of sp³-hybridized carbons (Fsp3) is 0.538. The fourth-order valence-electron chi connectivity index (χ4n) is 1.72. The molecule has 0 aliphatic carbocycles. The van der Waals surface area contributed by atoms with Crippen molar-refractivity contribution in [1.82, 2.24) is 0 Å². The van der Waals surface area contributed by atoms with E-state index in [1.54, 1.807) is 7.11 Å². The molecule has 1 aromatic carbocycles. The molecule has 3 heteroatoms. The molecule has 0 aliphatic heterocycles. The number of hydrogen-bond donors (Lipinski definition) is 1. The number of ether oxygens (including phenoxy) is 1. The van der Waals surface area contributed by atoms with Gasteiger partial charge in [-0.3, -0.25) is 0 Å². The number of methoxy groups -OCH3 is 1. The largest absolute Gasteiger partial charge is 0.496 e. The van der Waals surface area contributed by atoms with Crippen LogP contribution in [0.15, 0.2) is 12.1 Å². The van der Waals surface area contributed by atoms with Crippen LogP contribution >= 0.6 is 11.6 Å². The molecular weight excluding hydrogens is 222 g/mol. The molecule has 90 valence electrons. The number of nitrogens with two attached hydrogens (primary N) is 1. The number of rotatable bonds is 6. The molecule has 0 aromatic heterocycles. The second-order valence-corrected chi connectivity index (χ2v) is 4.42. The third-order valence-electron chi connectivity index (χ3n) is 2.71. The molecule has 2 N–H and O–H groups in total. The molecule has 0 unspecified atom stereocenters. The van der Waals surface area contributed by atoms with Crippen molar-refractivity contribution >= 4 is 11.6 Å². The number of benzene rings is 1. The summed E-state index contributed by atoms with van der Waals surface area (Å²) in [6, 6.07) is 4.01. The van der Waals surface area contributed by atoms with Crippen LogP contribution in [0.5, 0.6) is 5.75 Å². The molecule has 1 rings (SSSR count). The predicted octanol–water partition coefficient (Wildman–Crippen LogP) is 3.33. The molecule has 16 heavy (non-hydrogen) atoms. The van der Waals surface area contributed by atoms with Crippen LogP contribution in [-0.2, 0) is 6.42 Å². The molecule has 0 spiro atoms. The summed E-state index contributed by atoms with van der Waals surface area (Å²) >= 11 is 6.11. The maximum atomic E-state index is 6.11. The van der Waals surface area contributed by atoms with Gasteiger partial charge in [-0.15, -0.1) is 0 Å². The lowest BCUT2D eigenvalue weighted by Crippen LogP contribution is -1.99. The molecule has 0 fully saturated rings. The van der Waals surface area contributed by atoms with E-state index in [1.165, 1.54) is 5.56 Å². The molecule has 0 radical (unpaired) electrons. The summed E-state index contributed by atoms with van der Waals surface area (Å²) < 4.78 is 5.35. The zero-order chi connectivity index (χ0) is 12.0. The highest BCUT2D eigenvalue weighted by Gasteiger charge is 2.06. The fourth-order valence-corrected chi connectivity index (χ4v) is 1.90. The van der Waals surface area contributed by atoms with E-state index in [4.69, 9.17) is 22.1 Å². The van der Waals surface area contributed by atoms with Crippen molar-refractivity contribution in [2.24, 2.45) is 5.73 Å². The standard InChI is InChI=1S/C13H20ClNO/c1-10-8-13(16-2)11(9-12(10)14)6-4-3-5-7-15/h8-9H,3-7,15H2,1-2H3. The smallest absolute Gasteiger partial charge is 0.122 e.